The first-order valence-electron chi connectivity index (χ1n) is 6.78. The molecule has 104 valence electrons. The minimum Gasteiger partial charge on any atom is -0.362 e. The van der Waals surface area contributed by atoms with Crippen LogP contribution in [-0.2, 0) is 5.41 Å². The van der Waals surface area contributed by atoms with Crippen LogP contribution < -0.4 is 10.6 Å². The van der Waals surface area contributed by atoms with Crippen LogP contribution in [-0.4, -0.2) is 16.6 Å². The number of thiocarbonyl (C=S) groups is 1. The van der Waals surface area contributed by atoms with Gasteiger partial charge in [-0.15, -0.1) is 11.3 Å². The van der Waals surface area contributed by atoms with Crippen molar-refractivity contribution >= 4 is 33.8 Å². The van der Waals surface area contributed by atoms with Crippen molar-refractivity contribution in [1.82, 2.24) is 10.3 Å². The normalized spacial score (nSPS) is 15.6. The van der Waals surface area contributed by atoms with Crippen LogP contribution in [0.5, 0.6) is 0 Å². The number of benzene rings is 1. The summed E-state index contributed by atoms with van der Waals surface area (Å²) in [6.07, 6.45) is 5.46. The Labute approximate surface area is 128 Å². The summed E-state index contributed by atoms with van der Waals surface area (Å²) >= 11 is 6.82. The van der Waals surface area contributed by atoms with Gasteiger partial charge in [0.25, 0.3) is 0 Å². The first kappa shape index (κ1) is 13.5. The molecule has 1 fully saturated rings. The second-order valence-corrected chi connectivity index (χ2v) is 6.42. The van der Waals surface area contributed by atoms with Crippen LogP contribution in [0, 0.1) is 0 Å². The van der Waals surface area contributed by atoms with Gasteiger partial charge in [0, 0.05) is 18.1 Å². The zero-order valence-corrected chi connectivity index (χ0v) is 12.8. The highest BCUT2D eigenvalue weighted by Crippen LogP contribution is 2.50. The molecule has 3 rings (SSSR count). The quantitative estimate of drug-likeness (QED) is 0.828. The monoisotopic (exact) mass is 303 g/mol. The summed E-state index contributed by atoms with van der Waals surface area (Å²) in [5, 5.41) is 9.80. The molecule has 0 spiro atoms. The summed E-state index contributed by atoms with van der Waals surface area (Å²) in [7, 11) is 0. The van der Waals surface area contributed by atoms with Gasteiger partial charge in [0.15, 0.2) is 10.2 Å². The number of hydrogen-bond donors (Lipinski definition) is 2. The van der Waals surface area contributed by atoms with Gasteiger partial charge >= 0.3 is 0 Å². The minimum atomic E-state index is 0.380. The maximum Gasteiger partial charge on any atom is 0.188 e. The fourth-order valence-electron chi connectivity index (χ4n) is 2.47. The summed E-state index contributed by atoms with van der Waals surface area (Å²) in [6.45, 7) is 0.895. The molecular formula is C15H17N3S2. The Kier molecular flexibility index (Phi) is 3.98. The molecule has 1 saturated carbocycles. The van der Waals surface area contributed by atoms with E-state index >= 15 is 0 Å². The molecule has 0 amide bonds. The molecule has 0 saturated heterocycles. The average Bonchev–Trinajstić information content (AvgIpc) is 3.09. The number of thiazole rings is 1. The van der Waals surface area contributed by atoms with E-state index in [-0.39, 0.29) is 0 Å². The van der Waals surface area contributed by atoms with E-state index in [9.17, 15) is 0 Å². The number of nitrogens with zero attached hydrogens (tertiary/aromatic N) is 1. The van der Waals surface area contributed by atoms with Crippen LogP contribution in [0.25, 0.3) is 0 Å². The lowest BCUT2D eigenvalue weighted by atomic mass is 9.92. The van der Waals surface area contributed by atoms with E-state index in [1.807, 2.05) is 5.38 Å². The van der Waals surface area contributed by atoms with Gasteiger partial charge in [-0.3, -0.25) is 0 Å². The highest BCUT2D eigenvalue weighted by Gasteiger charge is 2.43. The van der Waals surface area contributed by atoms with Gasteiger partial charge < -0.3 is 10.6 Å². The third-order valence-electron chi connectivity index (χ3n) is 3.78. The molecule has 0 bridgehead atoms. The van der Waals surface area contributed by atoms with E-state index in [2.05, 4.69) is 45.9 Å². The van der Waals surface area contributed by atoms with Crippen molar-refractivity contribution in [3.8, 4) is 0 Å². The second-order valence-electron chi connectivity index (χ2n) is 5.11. The van der Waals surface area contributed by atoms with Gasteiger partial charge in [0.05, 0.1) is 0 Å². The molecule has 2 aromatic rings. The molecule has 3 nitrogen and oxygen atoms in total. The van der Waals surface area contributed by atoms with Crippen molar-refractivity contribution < 1.29 is 0 Å². The maximum atomic E-state index is 5.27. The molecule has 0 atom stereocenters. The molecular weight excluding hydrogens is 286 g/mol. The highest BCUT2D eigenvalue weighted by atomic mass is 32.1. The van der Waals surface area contributed by atoms with Crippen molar-refractivity contribution in [1.29, 1.82) is 0 Å². The number of aromatic nitrogens is 1. The Hall–Kier alpha value is -1.46. The number of anilines is 1. The number of nitrogens with one attached hydrogen (secondary N) is 2. The van der Waals surface area contributed by atoms with E-state index in [0.717, 1.165) is 18.1 Å². The van der Waals surface area contributed by atoms with Crippen LogP contribution in [0.2, 0.25) is 0 Å². The van der Waals surface area contributed by atoms with Crippen molar-refractivity contribution in [2.75, 3.05) is 11.9 Å². The second kappa shape index (κ2) is 5.89. The van der Waals surface area contributed by atoms with Crippen LogP contribution >= 0.6 is 23.6 Å². The Morgan fingerprint density at radius 2 is 2.10 bits per heavy atom. The van der Waals surface area contributed by atoms with Gasteiger partial charge in [-0.2, -0.15) is 0 Å². The predicted molar refractivity (Wildman–Crippen MR) is 88.3 cm³/mol. The molecule has 5 heteroatoms. The molecule has 0 aliphatic heterocycles. The topological polar surface area (TPSA) is 37.0 Å². The minimum absolute atomic E-state index is 0.380. The zero-order valence-electron chi connectivity index (χ0n) is 11.1. The van der Waals surface area contributed by atoms with Crippen LogP contribution in [0.1, 0.15) is 24.8 Å². The Balaban J connectivity index is 1.47. The number of hydrogen-bond acceptors (Lipinski definition) is 3. The van der Waals surface area contributed by atoms with Crippen molar-refractivity contribution in [3.05, 3.63) is 47.5 Å². The molecule has 1 heterocycles. The summed E-state index contributed by atoms with van der Waals surface area (Å²) < 4.78 is 0. The van der Waals surface area contributed by atoms with Gasteiger partial charge in [0.1, 0.15) is 0 Å². The van der Waals surface area contributed by atoms with E-state index in [1.54, 1.807) is 17.5 Å². The molecule has 1 aliphatic carbocycles. The van der Waals surface area contributed by atoms with Crippen LogP contribution in [0.4, 0.5) is 5.13 Å². The van der Waals surface area contributed by atoms with E-state index in [0.29, 0.717) is 10.5 Å². The van der Waals surface area contributed by atoms with E-state index in [4.69, 9.17) is 12.2 Å². The third kappa shape index (κ3) is 3.16. The summed E-state index contributed by atoms with van der Waals surface area (Å²) in [5.41, 5.74) is 1.84. The van der Waals surface area contributed by atoms with E-state index in [1.165, 1.54) is 18.4 Å². The van der Waals surface area contributed by atoms with Crippen molar-refractivity contribution in [2.24, 2.45) is 0 Å². The van der Waals surface area contributed by atoms with Gasteiger partial charge in [-0.1, -0.05) is 30.3 Å². The molecule has 0 unspecified atom stereocenters. The van der Waals surface area contributed by atoms with Crippen molar-refractivity contribution in [3.63, 3.8) is 0 Å². The average molecular weight is 303 g/mol. The lowest BCUT2D eigenvalue weighted by molar-refractivity contribution is 0.608. The standard InChI is InChI=1S/C15H17N3S2/c19-13(18-14-17-10-11-20-14)16-9-8-15(6-7-15)12-4-2-1-3-5-12/h1-5,10-11H,6-9H2,(H2,16,17,18,19). The lowest BCUT2D eigenvalue weighted by Crippen LogP contribution is -2.31. The zero-order chi connectivity index (χ0) is 13.8. The molecule has 1 aromatic carbocycles. The lowest BCUT2D eigenvalue weighted by Gasteiger charge is -2.16. The van der Waals surface area contributed by atoms with Crippen molar-refractivity contribution in [2.45, 2.75) is 24.7 Å². The summed E-state index contributed by atoms with van der Waals surface area (Å²) in [5.74, 6) is 0. The Bertz CT molecular complexity index is 562. The Morgan fingerprint density at radius 1 is 1.30 bits per heavy atom. The highest BCUT2D eigenvalue weighted by molar-refractivity contribution is 7.80. The maximum absolute atomic E-state index is 5.27. The summed E-state index contributed by atoms with van der Waals surface area (Å²) in [4.78, 5) is 4.15. The molecule has 1 aromatic heterocycles. The first-order chi connectivity index (χ1) is 9.78. The molecule has 20 heavy (non-hydrogen) atoms. The van der Waals surface area contributed by atoms with Gasteiger partial charge in [0.2, 0.25) is 0 Å². The molecule has 2 N–H and O–H groups in total. The molecule has 0 radical (unpaired) electrons. The van der Waals surface area contributed by atoms with Gasteiger partial charge in [-0.25, -0.2) is 4.98 Å². The third-order valence-corrected chi connectivity index (χ3v) is 4.72. The Morgan fingerprint density at radius 3 is 2.75 bits per heavy atom. The largest absolute Gasteiger partial charge is 0.362 e. The number of rotatable bonds is 5. The fraction of sp³-hybridized carbons (Fsp3) is 0.333. The van der Waals surface area contributed by atoms with Gasteiger partial charge in [-0.05, 0) is 42.5 Å². The summed E-state index contributed by atoms with van der Waals surface area (Å²) in [6, 6.07) is 10.8. The SMILES string of the molecule is S=C(NCCC1(c2ccccc2)CC1)Nc1nccs1. The van der Waals surface area contributed by atoms with Crippen LogP contribution in [0.3, 0.4) is 0 Å². The first-order valence-corrected chi connectivity index (χ1v) is 8.07. The smallest absolute Gasteiger partial charge is 0.188 e. The van der Waals surface area contributed by atoms with E-state index < -0.39 is 0 Å². The van der Waals surface area contributed by atoms with Crippen LogP contribution in [0.15, 0.2) is 41.9 Å². The molecule has 1 aliphatic rings. The predicted octanol–water partition coefficient (Wildman–Crippen LogP) is 3.55. The fourth-order valence-corrected chi connectivity index (χ4v) is 3.26.